The highest BCUT2D eigenvalue weighted by Crippen LogP contribution is 2.27. The number of methoxy groups -OCH3 is 1. The normalized spacial score (nSPS) is 14.2. The third kappa shape index (κ3) is 3.97. The van der Waals surface area contributed by atoms with Gasteiger partial charge in [-0.25, -0.2) is 4.98 Å². The van der Waals surface area contributed by atoms with E-state index >= 15 is 0 Å². The maximum Gasteiger partial charge on any atom is 0.273 e. The van der Waals surface area contributed by atoms with Crippen LogP contribution in [0.4, 0.5) is 10.8 Å². The first kappa shape index (κ1) is 18.8. The Morgan fingerprint density at radius 2 is 2.14 bits per heavy atom. The van der Waals surface area contributed by atoms with Gasteiger partial charge in [0.1, 0.15) is 23.3 Å². The molecule has 2 aromatic heterocycles. The summed E-state index contributed by atoms with van der Waals surface area (Å²) in [5, 5.41) is 3.59. The number of fused-ring (bicyclic) bond motifs is 1. The molecule has 4 rings (SSSR count). The number of hydrogen-bond donors (Lipinski definition) is 1. The number of aromatic nitrogens is 3. The minimum atomic E-state index is -0.311. The lowest BCUT2D eigenvalue weighted by molar-refractivity contribution is -0.116. The van der Waals surface area contributed by atoms with Gasteiger partial charge in [-0.15, -0.1) is 0 Å². The fourth-order valence-electron chi connectivity index (χ4n) is 2.89. The van der Waals surface area contributed by atoms with Crippen LogP contribution in [-0.2, 0) is 11.3 Å². The van der Waals surface area contributed by atoms with E-state index in [0.29, 0.717) is 21.8 Å². The van der Waals surface area contributed by atoms with E-state index in [4.69, 9.17) is 4.74 Å². The van der Waals surface area contributed by atoms with Crippen LogP contribution in [0.3, 0.4) is 0 Å². The summed E-state index contributed by atoms with van der Waals surface area (Å²) in [5.74, 6) is 2.44. The second-order valence-corrected chi connectivity index (χ2v) is 8.41. The first-order valence-corrected chi connectivity index (χ1v) is 10.7. The second kappa shape index (κ2) is 8.19. The van der Waals surface area contributed by atoms with Gasteiger partial charge in [0.25, 0.3) is 5.56 Å². The molecule has 1 N–H and O–H groups in total. The molecule has 0 unspecified atom stereocenters. The van der Waals surface area contributed by atoms with E-state index in [-0.39, 0.29) is 18.0 Å². The molecule has 1 fully saturated rings. The number of carbonyl (C=O) groups is 1. The molecule has 1 amide bonds. The average Bonchev–Trinajstić information content (AvgIpc) is 3.16. The van der Waals surface area contributed by atoms with Gasteiger partial charge in [-0.3, -0.25) is 14.2 Å². The second-order valence-electron chi connectivity index (χ2n) is 6.21. The number of ether oxygens (including phenoxy) is 1. The van der Waals surface area contributed by atoms with E-state index in [1.807, 2.05) is 11.8 Å². The largest absolute Gasteiger partial charge is 0.497 e. The summed E-state index contributed by atoms with van der Waals surface area (Å²) in [5.41, 5.74) is 0.795. The van der Waals surface area contributed by atoms with Crippen molar-refractivity contribution in [3.63, 3.8) is 0 Å². The molecule has 0 saturated carbocycles. The lowest BCUT2D eigenvalue weighted by atomic mass is 10.3. The highest BCUT2D eigenvalue weighted by Gasteiger charge is 2.18. The number of thiazole rings is 1. The Morgan fingerprint density at radius 1 is 1.32 bits per heavy atom. The number of benzene rings is 1. The van der Waals surface area contributed by atoms with Gasteiger partial charge >= 0.3 is 0 Å². The molecule has 3 heterocycles. The highest BCUT2D eigenvalue weighted by molar-refractivity contribution is 7.99. The number of anilines is 2. The smallest absolute Gasteiger partial charge is 0.273 e. The van der Waals surface area contributed by atoms with Crippen LogP contribution in [0.25, 0.3) is 10.3 Å². The van der Waals surface area contributed by atoms with E-state index in [0.717, 1.165) is 29.7 Å². The van der Waals surface area contributed by atoms with Crippen LogP contribution >= 0.6 is 23.1 Å². The Balaban J connectivity index is 1.52. The van der Waals surface area contributed by atoms with Crippen LogP contribution < -0.4 is 20.5 Å². The van der Waals surface area contributed by atoms with Crippen molar-refractivity contribution in [2.24, 2.45) is 0 Å². The van der Waals surface area contributed by atoms with Crippen LogP contribution in [0.2, 0.25) is 0 Å². The van der Waals surface area contributed by atoms with E-state index in [2.05, 4.69) is 20.2 Å². The summed E-state index contributed by atoms with van der Waals surface area (Å²) < 4.78 is 6.94. The molecule has 28 heavy (non-hydrogen) atoms. The minimum Gasteiger partial charge on any atom is -0.497 e. The van der Waals surface area contributed by atoms with Gasteiger partial charge in [0, 0.05) is 36.3 Å². The minimum absolute atomic E-state index is 0.118. The van der Waals surface area contributed by atoms with Crippen molar-refractivity contribution in [3.05, 3.63) is 40.9 Å². The molecule has 10 heteroatoms. The number of rotatable bonds is 5. The lowest BCUT2D eigenvalue weighted by Gasteiger charge is -2.25. The molecule has 1 saturated heterocycles. The highest BCUT2D eigenvalue weighted by atomic mass is 32.2. The van der Waals surface area contributed by atoms with Gasteiger partial charge in [-0.1, -0.05) is 17.4 Å². The zero-order chi connectivity index (χ0) is 19.5. The number of carbonyl (C=O) groups excluding carboxylic acids is 1. The summed E-state index contributed by atoms with van der Waals surface area (Å²) >= 11 is 3.26. The van der Waals surface area contributed by atoms with Gasteiger partial charge in [0.2, 0.25) is 5.91 Å². The summed E-state index contributed by atoms with van der Waals surface area (Å²) in [6, 6.07) is 7.05. The van der Waals surface area contributed by atoms with Crippen LogP contribution in [0, 0.1) is 0 Å². The predicted molar refractivity (Wildman–Crippen MR) is 113 cm³/mol. The maximum atomic E-state index is 12.8. The van der Waals surface area contributed by atoms with Gasteiger partial charge in [0.15, 0.2) is 10.8 Å². The number of amides is 1. The zero-order valence-electron chi connectivity index (χ0n) is 15.3. The van der Waals surface area contributed by atoms with Gasteiger partial charge in [-0.05, 0) is 12.1 Å². The van der Waals surface area contributed by atoms with Crippen molar-refractivity contribution in [1.82, 2.24) is 14.5 Å². The Kier molecular flexibility index (Phi) is 5.49. The quantitative estimate of drug-likeness (QED) is 0.680. The van der Waals surface area contributed by atoms with Crippen LogP contribution in [0.5, 0.6) is 5.75 Å². The van der Waals surface area contributed by atoms with Crippen molar-refractivity contribution in [3.8, 4) is 5.75 Å². The molecule has 0 radical (unpaired) electrons. The molecule has 1 aliphatic heterocycles. The fourth-order valence-corrected chi connectivity index (χ4v) is 4.82. The first-order valence-electron chi connectivity index (χ1n) is 8.76. The fraction of sp³-hybridized carbons (Fsp3) is 0.333. The summed E-state index contributed by atoms with van der Waals surface area (Å²) in [7, 11) is 1.56. The van der Waals surface area contributed by atoms with E-state index in [1.165, 1.54) is 22.2 Å². The third-order valence-electron chi connectivity index (χ3n) is 4.32. The number of nitrogens with one attached hydrogen (secondary N) is 1. The molecular weight excluding hydrogens is 398 g/mol. The molecule has 1 aromatic carbocycles. The molecule has 3 aromatic rings. The van der Waals surface area contributed by atoms with Crippen LogP contribution in [-0.4, -0.2) is 52.1 Å². The van der Waals surface area contributed by atoms with Gasteiger partial charge in [0.05, 0.1) is 7.11 Å². The molecular formula is C18H19N5O3S2. The zero-order valence-corrected chi connectivity index (χ0v) is 16.9. The number of nitrogens with zero attached hydrogens (tertiary/aromatic N) is 4. The van der Waals surface area contributed by atoms with E-state index in [1.54, 1.807) is 31.4 Å². The van der Waals surface area contributed by atoms with Crippen molar-refractivity contribution >= 4 is 50.2 Å². The molecule has 1 aliphatic rings. The molecule has 0 aliphatic carbocycles. The lowest BCUT2D eigenvalue weighted by Crippen LogP contribution is -2.32. The van der Waals surface area contributed by atoms with Gasteiger partial charge in [-0.2, -0.15) is 16.7 Å². The first-order chi connectivity index (χ1) is 13.6. The Labute approximate surface area is 169 Å². The number of thioether (sulfide) groups is 1. The monoisotopic (exact) mass is 417 g/mol. The summed E-state index contributed by atoms with van der Waals surface area (Å²) in [6.07, 6.45) is 1.38. The third-order valence-corrected chi connectivity index (χ3v) is 6.36. The standard InChI is InChI=1S/C18H19N5O3S2/c1-26-13-4-2-3-12(9-13)20-14(24)10-23-11-19-16-15(17(23)25)28-18(21-16)22-5-7-27-8-6-22/h2-4,9,11H,5-8,10H2,1H3,(H,20,24). The van der Waals surface area contributed by atoms with Gasteiger partial charge < -0.3 is 15.0 Å². The molecule has 0 bridgehead atoms. The molecule has 8 nitrogen and oxygen atoms in total. The maximum absolute atomic E-state index is 12.8. The van der Waals surface area contributed by atoms with E-state index in [9.17, 15) is 9.59 Å². The van der Waals surface area contributed by atoms with Crippen molar-refractivity contribution < 1.29 is 9.53 Å². The van der Waals surface area contributed by atoms with Crippen molar-refractivity contribution in [2.45, 2.75) is 6.54 Å². The Bertz CT molecular complexity index is 1060. The summed E-state index contributed by atoms with van der Waals surface area (Å²) in [6.45, 7) is 1.72. The van der Waals surface area contributed by atoms with Crippen molar-refractivity contribution in [2.75, 3.05) is 41.9 Å². The number of hydrogen-bond acceptors (Lipinski definition) is 8. The van der Waals surface area contributed by atoms with Crippen LogP contribution in [0.1, 0.15) is 0 Å². The van der Waals surface area contributed by atoms with Crippen LogP contribution in [0.15, 0.2) is 35.4 Å². The van der Waals surface area contributed by atoms with Crippen molar-refractivity contribution in [1.29, 1.82) is 0 Å². The Hall–Kier alpha value is -2.59. The molecule has 0 atom stereocenters. The molecule has 0 spiro atoms. The predicted octanol–water partition coefficient (Wildman–Crippen LogP) is 2.05. The topological polar surface area (TPSA) is 89.3 Å². The summed E-state index contributed by atoms with van der Waals surface area (Å²) in [4.78, 5) is 36.1. The van der Waals surface area contributed by atoms with E-state index < -0.39 is 0 Å². The molecule has 146 valence electrons. The Morgan fingerprint density at radius 3 is 2.93 bits per heavy atom. The SMILES string of the molecule is COc1cccc(NC(=O)Cn2cnc3nc(N4CCSCC4)sc3c2=O)c1. The average molecular weight is 418 g/mol.